The zero-order chi connectivity index (χ0) is 16.5. The fourth-order valence-corrected chi connectivity index (χ4v) is 4.08. The maximum Gasteiger partial charge on any atom is 0.250 e. The number of carbonyl (C=O) groups excluding carboxylic acids is 1. The SMILES string of the molecule is O=C(CCCn1cccn1)N1CC2CC(C1)c1cccc(=O)n1C2. The van der Waals surface area contributed by atoms with Crippen LogP contribution in [0.5, 0.6) is 0 Å². The third-order valence-electron chi connectivity index (χ3n) is 5.17. The smallest absolute Gasteiger partial charge is 0.250 e. The zero-order valence-corrected chi connectivity index (χ0v) is 13.7. The van der Waals surface area contributed by atoms with Gasteiger partial charge >= 0.3 is 0 Å². The summed E-state index contributed by atoms with van der Waals surface area (Å²) in [5.41, 5.74) is 1.17. The van der Waals surface area contributed by atoms with Gasteiger partial charge in [0.1, 0.15) is 0 Å². The molecule has 6 nitrogen and oxygen atoms in total. The first-order valence-electron chi connectivity index (χ1n) is 8.65. The lowest BCUT2D eigenvalue weighted by Crippen LogP contribution is -2.49. The topological polar surface area (TPSA) is 60.1 Å². The van der Waals surface area contributed by atoms with Crippen LogP contribution in [-0.4, -0.2) is 38.2 Å². The van der Waals surface area contributed by atoms with E-state index < -0.39 is 0 Å². The highest BCUT2D eigenvalue weighted by atomic mass is 16.2. The predicted octanol–water partition coefficient (Wildman–Crippen LogP) is 1.47. The summed E-state index contributed by atoms with van der Waals surface area (Å²) in [6.07, 6.45) is 6.13. The van der Waals surface area contributed by atoms with E-state index in [0.29, 0.717) is 18.3 Å². The third kappa shape index (κ3) is 2.88. The second-order valence-electron chi connectivity index (χ2n) is 6.87. The third-order valence-corrected chi connectivity index (χ3v) is 5.17. The van der Waals surface area contributed by atoms with Crippen LogP contribution in [0, 0.1) is 5.92 Å². The van der Waals surface area contributed by atoms with Crippen molar-refractivity contribution in [3.63, 3.8) is 0 Å². The molecule has 0 radical (unpaired) electrons. The minimum Gasteiger partial charge on any atom is -0.342 e. The second kappa shape index (κ2) is 6.26. The number of fused-ring (bicyclic) bond motifs is 4. The summed E-state index contributed by atoms with van der Waals surface area (Å²) in [5.74, 6) is 0.913. The number of hydrogen-bond donors (Lipinski definition) is 0. The normalized spacial score (nSPS) is 22.2. The lowest BCUT2D eigenvalue weighted by atomic mass is 9.83. The molecule has 0 aliphatic carbocycles. The molecule has 1 amide bonds. The Hall–Kier alpha value is -2.37. The molecule has 2 aromatic rings. The molecule has 2 aliphatic rings. The number of piperidine rings is 1. The minimum atomic E-state index is 0.0844. The molecule has 126 valence electrons. The van der Waals surface area contributed by atoms with Gasteiger partial charge in [0.25, 0.3) is 5.56 Å². The Morgan fingerprint density at radius 3 is 2.96 bits per heavy atom. The number of aryl methyl sites for hydroxylation is 1. The summed E-state index contributed by atoms with van der Waals surface area (Å²) >= 11 is 0. The molecule has 0 N–H and O–H groups in total. The van der Waals surface area contributed by atoms with Gasteiger partial charge in [0, 0.05) is 62.7 Å². The maximum atomic E-state index is 12.6. The van der Waals surface area contributed by atoms with Crippen molar-refractivity contribution in [2.75, 3.05) is 13.1 Å². The fraction of sp³-hybridized carbons (Fsp3) is 0.500. The molecule has 0 saturated carbocycles. The summed E-state index contributed by atoms with van der Waals surface area (Å²) in [5, 5.41) is 4.16. The van der Waals surface area contributed by atoms with Crippen LogP contribution >= 0.6 is 0 Å². The molecule has 2 aromatic heterocycles. The number of aromatic nitrogens is 3. The highest BCUT2D eigenvalue weighted by Crippen LogP contribution is 2.35. The van der Waals surface area contributed by atoms with Gasteiger partial charge in [-0.05, 0) is 30.9 Å². The minimum absolute atomic E-state index is 0.0844. The maximum absolute atomic E-state index is 12.6. The van der Waals surface area contributed by atoms with E-state index >= 15 is 0 Å². The molecular formula is C18H22N4O2. The van der Waals surface area contributed by atoms with Crippen molar-refractivity contribution in [2.45, 2.75) is 38.3 Å². The van der Waals surface area contributed by atoms with Gasteiger partial charge in [-0.3, -0.25) is 14.3 Å². The van der Waals surface area contributed by atoms with Crippen molar-refractivity contribution in [1.29, 1.82) is 0 Å². The monoisotopic (exact) mass is 326 g/mol. The van der Waals surface area contributed by atoms with Crippen LogP contribution in [0.3, 0.4) is 0 Å². The molecule has 4 heterocycles. The number of pyridine rings is 1. The van der Waals surface area contributed by atoms with E-state index in [2.05, 4.69) is 5.10 Å². The van der Waals surface area contributed by atoms with Crippen LogP contribution in [-0.2, 0) is 17.9 Å². The van der Waals surface area contributed by atoms with Crippen LogP contribution < -0.4 is 5.56 Å². The molecule has 24 heavy (non-hydrogen) atoms. The lowest BCUT2D eigenvalue weighted by Gasteiger charge is -2.42. The first-order chi connectivity index (χ1) is 11.7. The highest BCUT2D eigenvalue weighted by Gasteiger charge is 2.35. The summed E-state index contributed by atoms with van der Waals surface area (Å²) in [7, 11) is 0. The molecule has 2 aliphatic heterocycles. The van der Waals surface area contributed by atoms with Gasteiger partial charge in [-0.15, -0.1) is 0 Å². The van der Waals surface area contributed by atoms with Crippen molar-refractivity contribution in [3.8, 4) is 0 Å². The molecule has 1 fully saturated rings. The van der Waals surface area contributed by atoms with Gasteiger partial charge in [0.2, 0.25) is 5.91 Å². The van der Waals surface area contributed by atoms with E-state index in [1.54, 1.807) is 12.3 Å². The Morgan fingerprint density at radius 2 is 2.12 bits per heavy atom. The Kier molecular flexibility index (Phi) is 3.96. The van der Waals surface area contributed by atoms with E-state index in [-0.39, 0.29) is 11.5 Å². The molecule has 2 bridgehead atoms. The van der Waals surface area contributed by atoms with Crippen LogP contribution in [0.1, 0.15) is 30.9 Å². The van der Waals surface area contributed by atoms with Crippen LogP contribution in [0.25, 0.3) is 0 Å². The summed E-state index contributed by atoms with van der Waals surface area (Å²) in [4.78, 5) is 26.6. The van der Waals surface area contributed by atoms with Crippen molar-refractivity contribution in [1.82, 2.24) is 19.2 Å². The largest absolute Gasteiger partial charge is 0.342 e. The number of rotatable bonds is 4. The lowest BCUT2D eigenvalue weighted by molar-refractivity contribution is -0.134. The quantitative estimate of drug-likeness (QED) is 0.855. The van der Waals surface area contributed by atoms with Gasteiger partial charge < -0.3 is 9.47 Å². The molecule has 2 unspecified atom stereocenters. The van der Waals surface area contributed by atoms with Gasteiger partial charge in [-0.2, -0.15) is 5.10 Å². The molecule has 1 saturated heterocycles. The Bertz CT molecular complexity index is 781. The van der Waals surface area contributed by atoms with Gasteiger partial charge in [0.15, 0.2) is 0 Å². The van der Waals surface area contributed by atoms with Crippen molar-refractivity contribution in [2.24, 2.45) is 5.92 Å². The number of likely N-dealkylation sites (tertiary alicyclic amines) is 1. The van der Waals surface area contributed by atoms with Gasteiger partial charge in [-0.25, -0.2) is 0 Å². The highest BCUT2D eigenvalue weighted by molar-refractivity contribution is 5.76. The number of hydrogen-bond acceptors (Lipinski definition) is 3. The first kappa shape index (κ1) is 15.2. The first-order valence-corrected chi connectivity index (χ1v) is 8.65. The van der Waals surface area contributed by atoms with Gasteiger partial charge in [0.05, 0.1) is 0 Å². The standard InChI is InChI=1S/C18H22N4O2/c23-17(6-2-8-21-9-3-7-19-21)20-11-14-10-15(13-20)16-4-1-5-18(24)22(16)12-14/h1,3-5,7,9,14-15H,2,6,8,10-13H2. The van der Waals surface area contributed by atoms with Crippen molar-refractivity contribution in [3.05, 3.63) is 52.7 Å². The van der Waals surface area contributed by atoms with Crippen LogP contribution in [0.15, 0.2) is 41.5 Å². The van der Waals surface area contributed by atoms with Crippen molar-refractivity contribution >= 4 is 5.91 Å². The molecule has 4 rings (SSSR count). The molecule has 2 atom stereocenters. The molecule has 6 heteroatoms. The average molecular weight is 326 g/mol. The molecule has 0 spiro atoms. The van der Waals surface area contributed by atoms with Crippen molar-refractivity contribution < 1.29 is 4.79 Å². The summed E-state index contributed by atoms with van der Waals surface area (Å²) in [6, 6.07) is 7.39. The molecule has 0 aromatic carbocycles. The summed E-state index contributed by atoms with van der Waals surface area (Å²) < 4.78 is 3.76. The van der Waals surface area contributed by atoms with Crippen LogP contribution in [0.2, 0.25) is 0 Å². The predicted molar refractivity (Wildman–Crippen MR) is 89.6 cm³/mol. The van der Waals surface area contributed by atoms with E-state index in [1.165, 1.54) is 0 Å². The number of nitrogens with zero attached hydrogens (tertiary/aromatic N) is 4. The van der Waals surface area contributed by atoms with E-state index in [9.17, 15) is 9.59 Å². The van der Waals surface area contributed by atoms with E-state index in [1.807, 2.05) is 38.5 Å². The van der Waals surface area contributed by atoms with Crippen LogP contribution in [0.4, 0.5) is 0 Å². The zero-order valence-electron chi connectivity index (χ0n) is 13.7. The number of carbonyl (C=O) groups is 1. The second-order valence-corrected chi connectivity index (χ2v) is 6.87. The fourth-order valence-electron chi connectivity index (χ4n) is 4.08. The Morgan fingerprint density at radius 1 is 1.21 bits per heavy atom. The summed E-state index contributed by atoms with van der Waals surface area (Å²) in [6.45, 7) is 3.03. The molecular weight excluding hydrogens is 304 g/mol. The Balaban J connectivity index is 1.40. The van der Waals surface area contributed by atoms with E-state index in [4.69, 9.17) is 0 Å². The Labute approximate surface area is 140 Å². The number of amides is 1. The van der Waals surface area contributed by atoms with Gasteiger partial charge in [-0.1, -0.05) is 6.07 Å². The van der Waals surface area contributed by atoms with E-state index in [0.717, 1.165) is 44.7 Å². The average Bonchev–Trinajstić information content (AvgIpc) is 3.09.